The van der Waals surface area contributed by atoms with Crippen LogP contribution in [0.25, 0.3) is 0 Å². The Labute approximate surface area is 120 Å². The number of hydrogen-bond acceptors (Lipinski definition) is 2. The number of carbonyl (C=O) groups is 1. The molecule has 0 bridgehead atoms. The maximum Gasteiger partial charge on any atom is 0.220 e. The van der Waals surface area contributed by atoms with Crippen LogP contribution in [-0.4, -0.2) is 25.7 Å². The normalized spacial score (nSPS) is 10.8. The second-order valence-corrected chi connectivity index (χ2v) is 5.26. The van der Waals surface area contributed by atoms with E-state index in [1.54, 1.807) is 18.2 Å². The van der Waals surface area contributed by atoms with Gasteiger partial charge in [0, 0.05) is 26.2 Å². The number of nitrogens with one attached hydrogen (secondary N) is 1. The highest BCUT2D eigenvalue weighted by atomic mass is 19.1. The minimum absolute atomic E-state index is 0.0443. The van der Waals surface area contributed by atoms with Crippen LogP contribution >= 0.6 is 0 Å². The minimum atomic E-state index is -0.248. The van der Waals surface area contributed by atoms with Gasteiger partial charge >= 0.3 is 0 Å². The number of carbonyl (C=O) groups excluding carboxylic acids is 1. The molecule has 0 aliphatic carbocycles. The summed E-state index contributed by atoms with van der Waals surface area (Å²) in [6, 6.07) is 6.56. The highest BCUT2D eigenvalue weighted by molar-refractivity contribution is 5.76. The molecule has 0 aliphatic rings. The van der Waals surface area contributed by atoms with E-state index in [9.17, 15) is 9.18 Å². The van der Waals surface area contributed by atoms with Crippen molar-refractivity contribution < 1.29 is 13.9 Å². The van der Waals surface area contributed by atoms with Gasteiger partial charge in [-0.15, -0.1) is 0 Å². The Bertz CT molecular complexity index is 407. The lowest BCUT2D eigenvalue weighted by molar-refractivity contribution is -0.121. The van der Waals surface area contributed by atoms with Crippen LogP contribution in [0.4, 0.5) is 4.39 Å². The van der Waals surface area contributed by atoms with Crippen molar-refractivity contribution in [2.75, 3.05) is 19.8 Å². The third-order valence-corrected chi connectivity index (χ3v) is 2.82. The standard InChI is InChI=1S/C16H24FNO2/c1-13(2)12-20-11-5-10-18-16(19)9-8-14-6-3-4-7-15(14)17/h3-4,6-7,13H,5,8-12H2,1-2H3,(H,18,19). The zero-order chi connectivity index (χ0) is 14.8. The summed E-state index contributed by atoms with van der Waals surface area (Å²) in [4.78, 5) is 11.6. The lowest BCUT2D eigenvalue weighted by Crippen LogP contribution is -2.25. The molecule has 3 nitrogen and oxygen atoms in total. The van der Waals surface area contributed by atoms with Gasteiger partial charge in [-0.3, -0.25) is 4.79 Å². The highest BCUT2D eigenvalue weighted by Crippen LogP contribution is 2.08. The van der Waals surface area contributed by atoms with Crippen LogP contribution in [0.3, 0.4) is 0 Å². The smallest absolute Gasteiger partial charge is 0.220 e. The lowest BCUT2D eigenvalue weighted by atomic mass is 10.1. The van der Waals surface area contributed by atoms with Crippen molar-refractivity contribution in [2.45, 2.75) is 33.1 Å². The van der Waals surface area contributed by atoms with Crippen LogP contribution in [0.2, 0.25) is 0 Å². The van der Waals surface area contributed by atoms with Crippen molar-refractivity contribution in [3.63, 3.8) is 0 Å². The fourth-order valence-corrected chi connectivity index (χ4v) is 1.76. The molecule has 0 radical (unpaired) electrons. The van der Waals surface area contributed by atoms with Crippen LogP contribution in [-0.2, 0) is 16.0 Å². The van der Waals surface area contributed by atoms with Crippen LogP contribution in [0.5, 0.6) is 0 Å². The number of hydrogen-bond donors (Lipinski definition) is 1. The van der Waals surface area contributed by atoms with Gasteiger partial charge in [-0.05, 0) is 30.4 Å². The molecular formula is C16H24FNO2. The summed E-state index contributed by atoms with van der Waals surface area (Å²) < 4.78 is 18.8. The Balaban J connectivity index is 2.08. The first-order valence-corrected chi connectivity index (χ1v) is 7.17. The maximum absolute atomic E-state index is 13.3. The third kappa shape index (κ3) is 7.24. The molecule has 1 aromatic carbocycles. The van der Waals surface area contributed by atoms with E-state index in [0.717, 1.165) is 13.0 Å². The van der Waals surface area contributed by atoms with Gasteiger partial charge in [0.15, 0.2) is 0 Å². The van der Waals surface area contributed by atoms with Crippen molar-refractivity contribution in [2.24, 2.45) is 5.92 Å². The highest BCUT2D eigenvalue weighted by Gasteiger charge is 2.05. The second kappa shape index (κ2) is 9.48. The van der Waals surface area contributed by atoms with Crippen LogP contribution in [0.1, 0.15) is 32.3 Å². The quantitative estimate of drug-likeness (QED) is 0.707. The summed E-state index contributed by atoms with van der Waals surface area (Å²) in [5, 5.41) is 2.82. The van der Waals surface area contributed by atoms with E-state index < -0.39 is 0 Å². The van der Waals surface area contributed by atoms with Gasteiger partial charge in [-0.2, -0.15) is 0 Å². The number of benzene rings is 1. The molecule has 1 amide bonds. The van der Waals surface area contributed by atoms with Crippen LogP contribution in [0, 0.1) is 11.7 Å². The van der Waals surface area contributed by atoms with Gasteiger partial charge in [0.1, 0.15) is 5.82 Å². The Morgan fingerprint density at radius 2 is 2.10 bits per heavy atom. The summed E-state index contributed by atoms with van der Waals surface area (Å²) in [6.07, 6.45) is 1.55. The lowest BCUT2D eigenvalue weighted by Gasteiger charge is -2.08. The molecule has 0 saturated heterocycles. The summed E-state index contributed by atoms with van der Waals surface area (Å²) in [6.45, 7) is 6.22. The van der Waals surface area contributed by atoms with E-state index in [1.807, 2.05) is 0 Å². The average molecular weight is 281 g/mol. The molecule has 20 heavy (non-hydrogen) atoms. The first-order valence-electron chi connectivity index (χ1n) is 7.17. The summed E-state index contributed by atoms with van der Waals surface area (Å²) >= 11 is 0. The van der Waals surface area contributed by atoms with Crippen molar-refractivity contribution in [3.05, 3.63) is 35.6 Å². The molecule has 0 unspecified atom stereocenters. The van der Waals surface area contributed by atoms with E-state index in [4.69, 9.17) is 4.74 Å². The first kappa shape index (κ1) is 16.6. The van der Waals surface area contributed by atoms with Gasteiger partial charge in [0.2, 0.25) is 5.91 Å². The SMILES string of the molecule is CC(C)COCCCNC(=O)CCc1ccccc1F. The van der Waals surface area contributed by atoms with Crippen LogP contribution in [0.15, 0.2) is 24.3 Å². The monoisotopic (exact) mass is 281 g/mol. The molecule has 4 heteroatoms. The minimum Gasteiger partial charge on any atom is -0.381 e. The van der Waals surface area contributed by atoms with E-state index in [-0.39, 0.29) is 11.7 Å². The molecule has 0 spiro atoms. The molecule has 0 heterocycles. The molecule has 0 atom stereocenters. The summed E-state index contributed by atoms with van der Waals surface area (Å²) in [5.41, 5.74) is 0.586. The van der Waals surface area contributed by atoms with Gasteiger partial charge in [-0.1, -0.05) is 32.0 Å². The molecule has 1 N–H and O–H groups in total. The largest absolute Gasteiger partial charge is 0.381 e. The summed E-state index contributed by atoms with van der Waals surface area (Å²) in [7, 11) is 0. The molecular weight excluding hydrogens is 257 g/mol. The van der Waals surface area contributed by atoms with Crippen molar-refractivity contribution in [3.8, 4) is 0 Å². The fourth-order valence-electron chi connectivity index (χ4n) is 1.76. The molecule has 0 aliphatic heterocycles. The molecule has 0 aromatic heterocycles. The molecule has 1 rings (SSSR count). The summed E-state index contributed by atoms with van der Waals surface area (Å²) in [5.74, 6) is 0.241. The van der Waals surface area contributed by atoms with Crippen molar-refractivity contribution >= 4 is 5.91 Å². The van der Waals surface area contributed by atoms with Gasteiger partial charge in [-0.25, -0.2) is 4.39 Å². The predicted octanol–water partition coefficient (Wildman–Crippen LogP) is 2.94. The molecule has 0 fully saturated rings. The van der Waals surface area contributed by atoms with Gasteiger partial charge in [0.25, 0.3) is 0 Å². The predicted molar refractivity (Wildman–Crippen MR) is 78.0 cm³/mol. The van der Waals surface area contributed by atoms with E-state index >= 15 is 0 Å². The number of ether oxygens (including phenoxy) is 1. The van der Waals surface area contributed by atoms with E-state index in [0.29, 0.717) is 37.5 Å². The Morgan fingerprint density at radius 1 is 1.35 bits per heavy atom. The van der Waals surface area contributed by atoms with Crippen molar-refractivity contribution in [1.82, 2.24) is 5.32 Å². The molecule has 112 valence electrons. The maximum atomic E-state index is 13.3. The average Bonchev–Trinajstić information content (AvgIpc) is 2.41. The zero-order valence-corrected chi connectivity index (χ0v) is 12.3. The number of rotatable bonds is 9. The van der Waals surface area contributed by atoms with Gasteiger partial charge < -0.3 is 10.1 Å². The molecule has 0 saturated carbocycles. The van der Waals surface area contributed by atoms with Crippen molar-refractivity contribution in [1.29, 1.82) is 0 Å². The number of amides is 1. The van der Waals surface area contributed by atoms with Gasteiger partial charge in [0.05, 0.1) is 0 Å². The number of halogens is 1. The fraction of sp³-hybridized carbons (Fsp3) is 0.562. The Morgan fingerprint density at radius 3 is 2.80 bits per heavy atom. The Kier molecular flexibility index (Phi) is 7.88. The Hall–Kier alpha value is -1.42. The first-order chi connectivity index (χ1) is 9.59. The molecule has 1 aromatic rings. The zero-order valence-electron chi connectivity index (χ0n) is 12.3. The van der Waals surface area contributed by atoms with E-state index in [2.05, 4.69) is 19.2 Å². The topological polar surface area (TPSA) is 38.3 Å². The second-order valence-electron chi connectivity index (χ2n) is 5.26. The number of aryl methyl sites for hydroxylation is 1. The van der Waals surface area contributed by atoms with Crippen LogP contribution < -0.4 is 5.32 Å². The van der Waals surface area contributed by atoms with E-state index in [1.165, 1.54) is 6.07 Å². The third-order valence-electron chi connectivity index (χ3n) is 2.82.